The number of hydrogen-bond donors (Lipinski definition) is 1. The van der Waals surface area contributed by atoms with E-state index in [1.165, 1.54) is 11.1 Å². The summed E-state index contributed by atoms with van der Waals surface area (Å²) >= 11 is 0. The molecule has 1 N–H and O–H groups in total. The van der Waals surface area contributed by atoms with Crippen LogP contribution < -0.4 is 0 Å². The van der Waals surface area contributed by atoms with Crippen LogP contribution in [-0.4, -0.2) is 40.6 Å². The van der Waals surface area contributed by atoms with Gasteiger partial charge in [-0.25, -0.2) is 4.79 Å². The van der Waals surface area contributed by atoms with Crippen molar-refractivity contribution in [1.82, 2.24) is 5.06 Å². The third kappa shape index (κ3) is 3.27. The first-order valence-electron chi connectivity index (χ1n) is 13.4. The first kappa shape index (κ1) is 23.2. The largest absolute Gasteiger partial charge is 0.479 e. The number of aryl methyl sites for hydroxylation is 1. The Hall–Kier alpha value is -2.24. The molecule has 1 aromatic carbocycles. The molecule has 5 nitrogen and oxygen atoms in total. The quantitative estimate of drug-likeness (QED) is 0.632. The molecule has 0 bridgehead atoms. The average molecular weight is 476 g/mol. The number of aliphatic carboxylic acids is 1. The molecule has 7 atom stereocenters. The predicted octanol–water partition coefficient (Wildman–Crippen LogP) is 5.22. The van der Waals surface area contributed by atoms with Gasteiger partial charge in [0.25, 0.3) is 0 Å². The topological polar surface area (TPSA) is 66.8 Å². The predicted molar refractivity (Wildman–Crippen MR) is 133 cm³/mol. The van der Waals surface area contributed by atoms with E-state index >= 15 is 0 Å². The second kappa shape index (κ2) is 8.14. The van der Waals surface area contributed by atoms with Crippen LogP contribution in [0.5, 0.6) is 0 Å². The molecule has 5 aliphatic rings. The summed E-state index contributed by atoms with van der Waals surface area (Å²) in [6.07, 6.45) is 12.5. The third-order valence-electron chi connectivity index (χ3n) is 10.6. The number of carboxylic acid groups (broad SMARTS) is 1. The molecule has 1 aliphatic heterocycles. The summed E-state index contributed by atoms with van der Waals surface area (Å²) in [5, 5.41) is 12.6. The van der Waals surface area contributed by atoms with Crippen molar-refractivity contribution in [2.24, 2.45) is 34.5 Å². The van der Waals surface area contributed by atoms with E-state index < -0.39 is 11.6 Å². The maximum absolute atomic E-state index is 13.0. The maximum atomic E-state index is 13.0. The van der Waals surface area contributed by atoms with Crippen molar-refractivity contribution < 1.29 is 19.5 Å². The molecular formula is C30H37NO4. The number of benzene rings is 1. The zero-order valence-corrected chi connectivity index (χ0v) is 20.9. The number of nitrogens with zero attached hydrogens (tertiary/aromatic N) is 1. The smallest absolute Gasteiger partial charge is 0.339 e. The van der Waals surface area contributed by atoms with Crippen molar-refractivity contribution in [3.63, 3.8) is 0 Å². The van der Waals surface area contributed by atoms with Crippen molar-refractivity contribution >= 4 is 11.8 Å². The minimum atomic E-state index is -1.12. The fourth-order valence-electron chi connectivity index (χ4n) is 8.92. The zero-order valence-electron chi connectivity index (χ0n) is 20.9. The molecule has 4 aliphatic carbocycles. The Balaban J connectivity index is 1.22. The average Bonchev–Trinajstić information content (AvgIpc) is 3.33. The lowest BCUT2D eigenvalue weighted by Gasteiger charge is -2.57. The van der Waals surface area contributed by atoms with Crippen molar-refractivity contribution in [1.29, 1.82) is 0 Å². The zero-order chi connectivity index (χ0) is 24.4. The lowest BCUT2D eigenvalue weighted by molar-refractivity contribution is -0.252. The monoisotopic (exact) mass is 475 g/mol. The van der Waals surface area contributed by atoms with E-state index in [0.29, 0.717) is 24.3 Å². The molecule has 35 heavy (non-hydrogen) atoms. The van der Waals surface area contributed by atoms with Gasteiger partial charge in [-0.1, -0.05) is 55.8 Å². The lowest BCUT2D eigenvalue weighted by Crippen LogP contribution is -2.59. The van der Waals surface area contributed by atoms with Gasteiger partial charge in [-0.3, -0.25) is 9.63 Å². The fourth-order valence-corrected chi connectivity index (χ4v) is 8.92. The number of ketones is 1. The summed E-state index contributed by atoms with van der Waals surface area (Å²) in [4.78, 5) is 31.6. The Bertz CT molecular complexity index is 1090. The van der Waals surface area contributed by atoms with Gasteiger partial charge < -0.3 is 5.11 Å². The third-order valence-corrected chi connectivity index (χ3v) is 10.6. The Labute approximate surface area is 208 Å². The Kier molecular flexibility index (Phi) is 5.39. The summed E-state index contributed by atoms with van der Waals surface area (Å²) in [5.74, 6) is 0.652. The van der Waals surface area contributed by atoms with Gasteiger partial charge in [-0.15, -0.1) is 0 Å². The molecular weight excluding hydrogens is 438 g/mol. The highest BCUT2D eigenvalue weighted by atomic mass is 16.7. The molecule has 0 amide bonds. The van der Waals surface area contributed by atoms with Crippen LogP contribution in [0.4, 0.5) is 0 Å². The van der Waals surface area contributed by atoms with Crippen LogP contribution >= 0.6 is 0 Å². The van der Waals surface area contributed by atoms with Gasteiger partial charge in [-0.2, -0.15) is 5.06 Å². The SMILES string of the molecule is CC12C=CC(=O)C=C1CCC1C2CCC2(C)C1CC1CN(CCCc3ccccc3)OC12C(=O)O. The number of allylic oxidation sites excluding steroid dienone is 4. The maximum Gasteiger partial charge on any atom is 0.339 e. The molecule has 1 saturated heterocycles. The molecule has 186 valence electrons. The number of fused-ring (bicyclic) bond motifs is 7. The Morgan fingerprint density at radius 3 is 2.74 bits per heavy atom. The normalized spacial score (nSPS) is 42.1. The van der Waals surface area contributed by atoms with E-state index in [4.69, 9.17) is 4.84 Å². The number of carboxylic acids is 1. The van der Waals surface area contributed by atoms with Gasteiger partial charge in [0, 0.05) is 29.8 Å². The lowest BCUT2D eigenvalue weighted by atomic mass is 9.47. The molecule has 6 rings (SSSR count). The number of hydrogen-bond acceptors (Lipinski definition) is 4. The fraction of sp³-hybridized carbons (Fsp3) is 0.600. The number of hydroxylamine groups is 2. The standard InChI is InChI=1S/C30H37NO4/c1-28-14-12-23(32)17-21(28)10-11-24-25(28)13-15-29(2)26(24)18-22-19-31(35-30(22,29)27(33)34)16-6-9-20-7-4-3-5-8-20/h3-5,7-8,12,14,17,22,24-26H,6,9-11,13,15-16,18-19H2,1-2H3,(H,33,34). The van der Waals surface area contributed by atoms with Crippen LogP contribution in [0.1, 0.15) is 57.9 Å². The molecule has 3 saturated carbocycles. The van der Waals surface area contributed by atoms with Crippen LogP contribution in [0.15, 0.2) is 54.1 Å². The minimum absolute atomic E-state index is 0.0266. The minimum Gasteiger partial charge on any atom is -0.479 e. The van der Waals surface area contributed by atoms with Crippen molar-refractivity contribution in [2.75, 3.05) is 13.1 Å². The summed E-state index contributed by atoms with van der Waals surface area (Å²) in [6, 6.07) is 10.4. The van der Waals surface area contributed by atoms with Gasteiger partial charge in [-0.05, 0) is 80.4 Å². The van der Waals surface area contributed by atoms with Crippen LogP contribution in [0.2, 0.25) is 0 Å². The Morgan fingerprint density at radius 1 is 1.17 bits per heavy atom. The van der Waals surface area contributed by atoms with E-state index in [1.54, 1.807) is 6.08 Å². The van der Waals surface area contributed by atoms with Crippen LogP contribution in [0, 0.1) is 34.5 Å². The van der Waals surface area contributed by atoms with Gasteiger partial charge in [0.1, 0.15) is 0 Å². The van der Waals surface area contributed by atoms with Gasteiger partial charge in [0.2, 0.25) is 0 Å². The number of carbonyl (C=O) groups is 2. The van der Waals surface area contributed by atoms with Gasteiger partial charge >= 0.3 is 5.97 Å². The van der Waals surface area contributed by atoms with Crippen molar-refractivity contribution in [2.45, 2.75) is 64.4 Å². The molecule has 1 heterocycles. The van der Waals surface area contributed by atoms with Gasteiger partial charge in [0.15, 0.2) is 11.4 Å². The second-order valence-electron chi connectivity index (χ2n) is 12.1. The van der Waals surface area contributed by atoms with Crippen LogP contribution in [0.3, 0.4) is 0 Å². The molecule has 4 fully saturated rings. The molecule has 0 spiro atoms. The summed E-state index contributed by atoms with van der Waals surface area (Å²) < 4.78 is 0. The van der Waals surface area contributed by atoms with E-state index in [2.05, 4.69) is 44.2 Å². The first-order valence-corrected chi connectivity index (χ1v) is 13.4. The summed E-state index contributed by atoms with van der Waals surface area (Å²) in [7, 11) is 0. The van der Waals surface area contributed by atoms with Crippen LogP contribution in [-0.2, 0) is 20.8 Å². The van der Waals surface area contributed by atoms with E-state index in [9.17, 15) is 14.7 Å². The first-order chi connectivity index (χ1) is 16.8. The number of carbonyl (C=O) groups excluding carboxylic acids is 1. The highest BCUT2D eigenvalue weighted by molar-refractivity contribution is 6.01. The summed E-state index contributed by atoms with van der Waals surface area (Å²) in [6.45, 7) is 5.98. The molecule has 7 unspecified atom stereocenters. The summed E-state index contributed by atoms with van der Waals surface area (Å²) in [5.41, 5.74) is 1.02. The van der Waals surface area contributed by atoms with E-state index in [0.717, 1.165) is 51.5 Å². The van der Waals surface area contributed by atoms with E-state index in [1.807, 2.05) is 17.2 Å². The van der Waals surface area contributed by atoms with Gasteiger partial charge in [0.05, 0.1) is 0 Å². The Morgan fingerprint density at radius 2 is 1.97 bits per heavy atom. The molecule has 1 aromatic rings. The van der Waals surface area contributed by atoms with Crippen molar-refractivity contribution in [3.05, 3.63) is 59.7 Å². The van der Waals surface area contributed by atoms with E-state index in [-0.39, 0.29) is 22.5 Å². The van der Waals surface area contributed by atoms with Crippen molar-refractivity contribution in [3.8, 4) is 0 Å². The highest BCUT2D eigenvalue weighted by Gasteiger charge is 2.74. The second-order valence-corrected chi connectivity index (χ2v) is 12.1. The van der Waals surface area contributed by atoms with Crippen LogP contribution in [0.25, 0.3) is 0 Å². The highest BCUT2D eigenvalue weighted by Crippen LogP contribution is 2.70. The molecule has 0 radical (unpaired) electrons. The molecule has 0 aromatic heterocycles. The molecule has 5 heteroatoms. The number of rotatable bonds is 5.